The second kappa shape index (κ2) is 9.73. The number of hydrogen-bond donors (Lipinski definition) is 0. The molecule has 0 aliphatic carbocycles. The van der Waals surface area contributed by atoms with Gasteiger partial charge in [0.25, 0.3) is 0 Å². The third-order valence-corrected chi connectivity index (χ3v) is 5.97. The van der Waals surface area contributed by atoms with Gasteiger partial charge in [-0.05, 0) is 41.5 Å². The topological polar surface area (TPSA) is 62.1 Å². The zero-order valence-corrected chi connectivity index (χ0v) is 20.1. The Hall–Kier alpha value is -4.54. The summed E-state index contributed by atoms with van der Waals surface area (Å²) in [5.41, 5.74) is 0.849. The summed E-state index contributed by atoms with van der Waals surface area (Å²) in [4.78, 5) is 8.54. The highest BCUT2D eigenvalue weighted by atomic mass is 19.4. The van der Waals surface area contributed by atoms with Crippen LogP contribution in [0, 0.1) is 11.6 Å². The molecule has 2 aliphatic heterocycles. The molecule has 3 aromatic carbocycles. The molecular weight excluding hydrogens is 507 g/mol. The second-order valence-electron chi connectivity index (χ2n) is 8.33. The van der Waals surface area contributed by atoms with E-state index >= 15 is 0 Å². The molecule has 5 rings (SSSR count). The van der Waals surface area contributed by atoms with E-state index in [1.54, 1.807) is 18.3 Å². The lowest BCUT2D eigenvalue weighted by Crippen LogP contribution is -2.08. The molecule has 38 heavy (non-hydrogen) atoms. The van der Waals surface area contributed by atoms with E-state index in [9.17, 15) is 22.0 Å². The van der Waals surface area contributed by atoms with Crippen LogP contribution in [0.3, 0.4) is 0 Å². The fourth-order valence-electron chi connectivity index (χ4n) is 4.10. The van der Waals surface area contributed by atoms with Crippen molar-refractivity contribution in [3.05, 3.63) is 89.8 Å². The van der Waals surface area contributed by atoms with Crippen molar-refractivity contribution in [1.29, 1.82) is 0 Å². The van der Waals surface area contributed by atoms with Crippen LogP contribution >= 0.6 is 0 Å². The Bertz CT molecular complexity index is 1600. The highest BCUT2D eigenvalue weighted by Gasteiger charge is 2.34. The molecule has 0 saturated carbocycles. The standard InChI is InChI=1S/C27H19F5N4O2/c1-37-17-8-9-18(20(11-17)27(30,31)32)15-6-7-16(24(10-15)38-2)13-36-14-23-22(12-33-36)34-26(35-23)19-4-3-5-21(28)25(19)29/h3-12,14H,13H2,1-2H3. The quantitative estimate of drug-likeness (QED) is 0.237. The molecule has 0 saturated heterocycles. The SMILES string of the molecule is COc1ccc(-c2ccc(Cn3cc4nc(-c5cccc(F)c5F)nc-4cn3)c(OC)c2)c(C(F)(F)F)c1. The summed E-state index contributed by atoms with van der Waals surface area (Å²) in [5, 5.41) is 4.30. The van der Waals surface area contributed by atoms with Crippen molar-refractivity contribution in [2.45, 2.75) is 12.7 Å². The van der Waals surface area contributed by atoms with Gasteiger partial charge < -0.3 is 9.47 Å². The van der Waals surface area contributed by atoms with Crippen LogP contribution in [0.15, 0.2) is 67.0 Å². The first kappa shape index (κ1) is 25.1. The molecule has 2 aliphatic rings. The maximum atomic E-state index is 14.2. The number of hydrogen-bond acceptors (Lipinski definition) is 5. The average Bonchev–Trinajstić information content (AvgIpc) is 3.33. The van der Waals surface area contributed by atoms with Crippen molar-refractivity contribution in [2.24, 2.45) is 0 Å². The van der Waals surface area contributed by atoms with Gasteiger partial charge in [-0.25, -0.2) is 18.7 Å². The number of aromatic nitrogens is 4. The van der Waals surface area contributed by atoms with E-state index in [0.717, 1.165) is 12.1 Å². The Morgan fingerprint density at radius 3 is 2.39 bits per heavy atom. The smallest absolute Gasteiger partial charge is 0.417 e. The van der Waals surface area contributed by atoms with Crippen LogP contribution in [0.5, 0.6) is 11.5 Å². The van der Waals surface area contributed by atoms with E-state index in [0.29, 0.717) is 28.3 Å². The van der Waals surface area contributed by atoms with Crippen molar-refractivity contribution in [2.75, 3.05) is 14.2 Å². The summed E-state index contributed by atoms with van der Waals surface area (Å²) in [6.45, 7) is 0.199. The van der Waals surface area contributed by atoms with Gasteiger partial charge in [-0.3, -0.25) is 4.68 Å². The third-order valence-electron chi connectivity index (χ3n) is 5.97. The number of methoxy groups -OCH3 is 2. The minimum Gasteiger partial charge on any atom is -0.497 e. The average molecular weight is 526 g/mol. The van der Waals surface area contributed by atoms with Gasteiger partial charge >= 0.3 is 6.18 Å². The maximum absolute atomic E-state index is 14.2. The van der Waals surface area contributed by atoms with Crippen LogP contribution < -0.4 is 9.47 Å². The van der Waals surface area contributed by atoms with E-state index in [-0.39, 0.29) is 29.2 Å². The highest BCUT2D eigenvalue weighted by Crippen LogP contribution is 2.40. The normalized spacial score (nSPS) is 11.7. The summed E-state index contributed by atoms with van der Waals surface area (Å²) in [6, 6.07) is 12.3. The summed E-state index contributed by atoms with van der Waals surface area (Å²) < 4.78 is 81.0. The van der Waals surface area contributed by atoms with Gasteiger partial charge in [0.05, 0.1) is 44.3 Å². The number of imidazole rings is 1. The fourth-order valence-corrected chi connectivity index (χ4v) is 4.10. The van der Waals surface area contributed by atoms with Crippen molar-refractivity contribution >= 4 is 0 Å². The van der Waals surface area contributed by atoms with E-state index in [1.807, 2.05) is 0 Å². The van der Waals surface area contributed by atoms with Gasteiger partial charge in [-0.1, -0.05) is 24.3 Å². The molecule has 0 aromatic heterocycles. The van der Waals surface area contributed by atoms with Crippen LogP contribution in [0.25, 0.3) is 33.9 Å². The Morgan fingerprint density at radius 1 is 0.868 bits per heavy atom. The zero-order chi connectivity index (χ0) is 27.0. The number of benzene rings is 3. The minimum absolute atomic E-state index is 0.0143. The number of alkyl halides is 3. The van der Waals surface area contributed by atoms with E-state index in [4.69, 9.17) is 9.47 Å². The largest absolute Gasteiger partial charge is 0.497 e. The van der Waals surface area contributed by atoms with Crippen LogP contribution in [0.1, 0.15) is 11.1 Å². The van der Waals surface area contributed by atoms with Crippen LogP contribution in [0.2, 0.25) is 0 Å². The summed E-state index contributed by atoms with van der Waals surface area (Å²) in [5.74, 6) is -1.56. The lowest BCUT2D eigenvalue weighted by Gasteiger charge is -2.16. The Balaban J connectivity index is 1.47. The van der Waals surface area contributed by atoms with E-state index < -0.39 is 23.4 Å². The second-order valence-corrected chi connectivity index (χ2v) is 8.33. The molecule has 0 spiro atoms. The predicted octanol–water partition coefficient (Wildman–Crippen LogP) is 6.47. The highest BCUT2D eigenvalue weighted by molar-refractivity contribution is 5.71. The first-order valence-electron chi connectivity index (χ1n) is 11.2. The van der Waals surface area contributed by atoms with Gasteiger partial charge in [0.2, 0.25) is 0 Å². The molecule has 0 radical (unpaired) electrons. The van der Waals surface area contributed by atoms with Crippen molar-refractivity contribution < 1.29 is 31.4 Å². The predicted molar refractivity (Wildman–Crippen MR) is 129 cm³/mol. The number of halogens is 5. The Morgan fingerprint density at radius 2 is 1.66 bits per heavy atom. The molecule has 0 unspecified atom stereocenters. The monoisotopic (exact) mass is 526 g/mol. The molecule has 0 bridgehead atoms. The molecule has 0 fully saturated rings. The molecule has 0 atom stereocenters. The van der Waals surface area contributed by atoms with Gasteiger partial charge in [0.15, 0.2) is 17.5 Å². The lowest BCUT2D eigenvalue weighted by atomic mass is 9.97. The van der Waals surface area contributed by atoms with E-state index in [1.165, 1.54) is 55.4 Å². The molecule has 11 heteroatoms. The van der Waals surface area contributed by atoms with Gasteiger partial charge in [0, 0.05) is 5.56 Å². The number of ether oxygens (including phenoxy) is 2. The number of fused-ring (bicyclic) bond motifs is 1. The first-order valence-corrected chi connectivity index (χ1v) is 11.2. The molecule has 0 N–H and O–H groups in total. The maximum Gasteiger partial charge on any atom is 0.417 e. The van der Waals surface area contributed by atoms with Gasteiger partial charge in [0.1, 0.15) is 22.9 Å². The summed E-state index contributed by atoms with van der Waals surface area (Å²) in [7, 11) is 2.72. The third kappa shape index (κ3) is 4.74. The molecule has 3 aromatic rings. The summed E-state index contributed by atoms with van der Waals surface area (Å²) in [6.07, 6.45) is -1.56. The first-order chi connectivity index (χ1) is 18.2. The van der Waals surface area contributed by atoms with Crippen LogP contribution in [-0.2, 0) is 12.7 Å². The molecule has 194 valence electrons. The zero-order valence-electron chi connectivity index (χ0n) is 20.1. The Kier molecular flexibility index (Phi) is 6.43. The van der Waals surface area contributed by atoms with Crippen molar-refractivity contribution in [3.63, 3.8) is 0 Å². The molecule has 0 amide bonds. The number of nitrogens with zero attached hydrogens (tertiary/aromatic N) is 4. The van der Waals surface area contributed by atoms with Crippen molar-refractivity contribution in [3.8, 4) is 45.4 Å². The minimum atomic E-state index is -4.58. The van der Waals surface area contributed by atoms with Gasteiger partial charge in [-0.15, -0.1) is 0 Å². The summed E-state index contributed by atoms with van der Waals surface area (Å²) >= 11 is 0. The van der Waals surface area contributed by atoms with Crippen LogP contribution in [0.4, 0.5) is 22.0 Å². The lowest BCUT2D eigenvalue weighted by molar-refractivity contribution is -0.137. The van der Waals surface area contributed by atoms with Crippen molar-refractivity contribution in [1.82, 2.24) is 19.7 Å². The molecule has 6 nitrogen and oxygen atoms in total. The number of rotatable bonds is 6. The Labute approximate surface area is 213 Å². The van der Waals surface area contributed by atoms with Crippen LogP contribution in [-0.4, -0.2) is 34.0 Å². The molecular formula is C27H19F5N4O2. The fraction of sp³-hybridized carbons (Fsp3) is 0.148. The van der Waals surface area contributed by atoms with Gasteiger partial charge in [-0.2, -0.15) is 18.3 Å². The van der Waals surface area contributed by atoms with E-state index in [2.05, 4.69) is 15.1 Å². The molecule has 2 heterocycles.